The maximum atomic E-state index is 13.5. The maximum Gasteiger partial charge on any atom is 0.197 e. The van der Waals surface area contributed by atoms with Crippen LogP contribution in [0.5, 0.6) is 5.75 Å². The molecule has 0 aliphatic carbocycles. The lowest BCUT2D eigenvalue weighted by atomic mass is 9.91. The van der Waals surface area contributed by atoms with Crippen LogP contribution in [0.15, 0.2) is 84.9 Å². The molecule has 146 valence electrons. The lowest BCUT2D eigenvalue weighted by Crippen LogP contribution is -2.05. The average Bonchev–Trinajstić information content (AvgIpc) is 3.06. The van der Waals surface area contributed by atoms with Gasteiger partial charge in [-0.25, -0.2) is 0 Å². The monoisotopic (exact) mass is 391 g/mol. The molecule has 1 heterocycles. The first kappa shape index (κ1) is 18.2. The molecular formula is C27H21NO2. The van der Waals surface area contributed by atoms with Crippen LogP contribution in [0.2, 0.25) is 0 Å². The summed E-state index contributed by atoms with van der Waals surface area (Å²) in [5.74, 6) is -0.144. The van der Waals surface area contributed by atoms with Crippen LogP contribution in [-0.4, -0.2) is 15.5 Å². The topological polar surface area (TPSA) is 42.2 Å². The summed E-state index contributed by atoms with van der Waals surface area (Å²) in [5, 5.41) is 13.2. The summed E-state index contributed by atoms with van der Waals surface area (Å²) >= 11 is 0. The molecule has 1 aromatic heterocycles. The van der Waals surface area contributed by atoms with Crippen molar-refractivity contribution in [1.82, 2.24) is 4.57 Å². The molecule has 0 fully saturated rings. The Labute approximate surface area is 174 Å². The van der Waals surface area contributed by atoms with Gasteiger partial charge >= 0.3 is 0 Å². The molecule has 0 saturated heterocycles. The van der Waals surface area contributed by atoms with E-state index in [-0.39, 0.29) is 11.5 Å². The van der Waals surface area contributed by atoms with Crippen LogP contribution < -0.4 is 0 Å². The minimum atomic E-state index is -0.182. The van der Waals surface area contributed by atoms with Gasteiger partial charge in [0.25, 0.3) is 0 Å². The molecule has 0 saturated carbocycles. The summed E-state index contributed by atoms with van der Waals surface area (Å²) < 4.78 is 2.08. The summed E-state index contributed by atoms with van der Waals surface area (Å²) in [6.07, 6.45) is 0. The Balaban J connectivity index is 1.93. The molecule has 4 aromatic carbocycles. The van der Waals surface area contributed by atoms with Gasteiger partial charge in [-0.15, -0.1) is 0 Å². The SMILES string of the molecule is Cc1ccc2c(c1)c1c(O)c(C(=O)c3ccccc3)c(-c3ccccc3)cc1n2C. The fourth-order valence-corrected chi connectivity index (χ4v) is 4.27. The Kier molecular flexibility index (Phi) is 4.18. The fraction of sp³-hybridized carbons (Fsp3) is 0.0741. The zero-order valence-electron chi connectivity index (χ0n) is 16.9. The van der Waals surface area contributed by atoms with Gasteiger partial charge in [-0.05, 0) is 36.2 Å². The highest BCUT2D eigenvalue weighted by Crippen LogP contribution is 2.43. The number of phenolic OH excluding ortho intramolecular Hbond substituents is 1. The number of aromatic hydroxyl groups is 1. The van der Waals surface area contributed by atoms with Crippen LogP contribution in [0.25, 0.3) is 32.9 Å². The number of phenols is 1. The smallest absolute Gasteiger partial charge is 0.197 e. The third-order valence-corrected chi connectivity index (χ3v) is 5.77. The van der Waals surface area contributed by atoms with E-state index in [0.29, 0.717) is 11.1 Å². The van der Waals surface area contributed by atoms with Crippen molar-refractivity contribution in [2.45, 2.75) is 6.92 Å². The Morgan fingerprint density at radius 2 is 1.50 bits per heavy atom. The van der Waals surface area contributed by atoms with Gasteiger partial charge in [0.2, 0.25) is 0 Å². The molecule has 3 nitrogen and oxygen atoms in total. The van der Waals surface area contributed by atoms with Crippen molar-refractivity contribution in [3.63, 3.8) is 0 Å². The van der Waals surface area contributed by atoms with Gasteiger partial charge in [0, 0.05) is 23.5 Å². The number of aryl methyl sites for hydroxylation is 2. The molecule has 1 N–H and O–H groups in total. The van der Waals surface area contributed by atoms with Crippen molar-refractivity contribution in [2.75, 3.05) is 0 Å². The number of nitrogens with zero attached hydrogens (tertiary/aromatic N) is 1. The quantitative estimate of drug-likeness (QED) is 0.370. The Hall–Kier alpha value is -3.85. The van der Waals surface area contributed by atoms with E-state index in [2.05, 4.69) is 22.8 Å². The molecule has 0 aliphatic rings. The summed E-state index contributed by atoms with van der Waals surface area (Å²) in [4.78, 5) is 13.5. The molecule has 5 aromatic rings. The molecule has 0 aliphatic heterocycles. The predicted molar refractivity (Wildman–Crippen MR) is 122 cm³/mol. The second-order valence-electron chi connectivity index (χ2n) is 7.68. The van der Waals surface area contributed by atoms with E-state index in [9.17, 15) is 9.90 Å². The molecule has 0 amide bonds. The van der Waals surface area contributed by atoms with Crippen LogP contribution >= 0.6 is 0 Å². The van der Waals surface area contributed by atoms with Gasteiger partial charge in [0.15, 0.2) is 5.78 Å². The standard InChI is InChI=1S/C27H21NO2/c1-17-13-14-22-21(15-17)24-23(28(22)2)16-20(18-9-5-3-6-10-18)25(27(24)30)26(29)19-11-7-4-8-12-19/h3-16,30H,1-2H3. The lowest BCUT2D eigenvalue weighted by molar-refractivity contribution is 0.103. The van der Waals surface area contributed by atoms with Gasteiger partial charge in [0.1, 0.15) is 5.75 Å². The number of carbonyl (C=O) groups is 1. The fourth-order valence-electron chi connectivity index (χ4n) is 4.27. The Morgan fingerprint density at radius 1 is 0.833 bits per heavy atom. The largest absolute Gasteiger partial charge is 0.506 e. The molecule has 3 heteroatoms. The van der Waals surface area contributed by atoms with E-state index in [4.69, 9.17) is 0 Å². The zero-order chi connectivity index (χ0) is 20.8. The van der Waals surface area contributed by atoms with E-state index in [0.717, 1.165) is 38.5 Å². The minimum absolute atomic E-state index is 0.0383. The number of fused-ring (bicyclic) bond motifs is 3. The summed E-state index contributed by atoms with van der Waals surface area (Å²) in [5.41, 5.74) is 5.56. The molecular weight excluding hydrogens is 370 g/mol. The number of rotatable bonds is 3. The molecule has 0 radical (unpaired) electrons. The first-order chi connectivity index (χ1) is 14.6. The lowest BCUT2D eigenvalue weighted by Gasteiger charge is -2.13. The minimum Gasteiger partial charge on any atom is -0.506 e. The van der Waals surface area contributed by atoms with E-state index < -0.39 is 0 Å². The van der Waals surface area contributed by atoms with Gasteiger partial charge in [0.05, 0.1) is 16.5 Å². The third kappa shape index (κ3) is 2.71. The van der Waals surface area contributed by atoms with Crippen LogP contribution in [-0.2, 0) is 7.05 Å². The summed E-state index contributed by atoms with van der Waals surface area (Å²) in [6.45, 7) is 2.03. The van der Waals surface area contributed by atoms with Crippen LogP contribution in [0.3, 0.4) is 0 Å². The Morgan fingerprint density at radius 3 is 2.20 bits per heavy atom. The number of ketones is 1. The second kappa shape index (κ2) is 6.89. The van der Waals surface area contributed by atoms with Gasteiger partial charge in [-0.1, -0.05) is 72.3 Å². The Bertz CT molecular complexity index is 1410. The normalized spacial score (nSPS) is 11.3. The van der Waals surface area contributed by atoms with Crippen molar-refractivity contribution in [1.29, 1.82) is 0 Å². The van der Waals surface area contributed by atoms with Crippen molar-refractivity contribution < 1.29 is 9.90 Å². The number of carbonyl (C=O) groups excluding carboxylic acids is 1. The molecule has 0 spiro atoms. The first-order valence-corrected chi connectivity index (χ1v) is 9.96. The molecule has 0 bridgehead atoms. The maximum absolute atomic E-state index is 13.5. The van der Waals surface area contributed by atoms with E-state index in [1.807, 2.05) is 68.6 Å². The highest BCUT2D eigenvalue weighted by atomic mass is 16.3. The number of aromatic nitrogens is 1. The highest BCUT2D eigenvalue weighted by molar-refractivity contribution is 6.22. The number of benzene rings is 4. The van der Waals surface area contributed by atoms with E-state index >= 15 is 0 Å². The van der Waals surface area contributed by atoms with Crippen molar-refractivity contribution in [3.05, 3.63) is 102 Å². The second-order valence-corrected chi connectivity index (χ2v) is 7.68. The van der Waals surface area contributed by atoms with E-state index in [1.165, 1.54) is 0 Å². The summed E-state index contributed by atoms with van der Waals surface area (Å²) in [6, 6.07) is 27.1. The molecule has 30 heavy (non-hydrogen) atoms. The van der Waals surface area contributed by atoms with Crippen LogP contribution in [0.4, 0.5) is 0 Å². The summed E-state index contributed by atoms with van der Waals surface area (Å²) in [7, 11) is 1.99. The molecule has 5 rings (SSSR count). The number of hydrogen-bond donors (Lipinski definition) is 1. The average molecular weight is 391 g/mol. The number of hydrogen-bond acceptors (Lipinski definition) is 2. The highest BCUT2D eigenvalue weighted by Gasteiger charge is 2.24. The van der Waals surface area contributed by atoms with Crippen LogP contribution in [0, 0.1) is 6.92 Å². The van der Waals surface area contributed by atoms with E-state index in [1.54, 1.807) is 12.1 Å². The molecule has 0 unspecified atom stereocenters. The van der Waals surface area contributed by atoms with Gasteiger partial charge < -0.3 is 9.67 Å². The van der Waals surface area contributed by atoms with Crippen molar-refractivity contribution >= 4 is 27.6 Å². The van der Waals surface area contributed by atoms with Crippen LogP contribution in [0.1, 0.15) is 21.5 Å². The third-order valence-electron chi connectivity index (χ3n) is 5.77. The van der Waals surface area contributed by atoms with Gasteiger partial charge in [-0.2, -0.15) is 0 Å². The van der Waals surface area contributed by atoms with Crippen molar-refractivity contribution in [2.24, 2.45) is 7.05 Å². The molecule has 0 atom stereocenters. The predicted octanol–water partition coefficient (Wildman–Crippen LogP) is 6.24. The van der Waals surface area contributed by atoms with Crippen molar-refractivity contribution in [3.8, 4) is 16.9 Å². The van der Waals surface area contributed by atoms with Gasteiger partial charge in [-0.3, -0.25) is 4.79 Å². The zero-order valence-corrected chi connectivity index (χ0v) is 16.9. The first-order valence-electron chi connectivity index (χ1n) is 9.96.